The van der Waals surface area contributed by atoms with Crippen molar-refractivity contribution in [1.29, 1.82) is 0 Å². The first-order valence-electron chi connectivity index (χ1n) is 4.63. The van der Waals surface area contributed by atoms with Crippen LogP contribution in [0.4, 0.5) is 0 Å². The molecule has 0 unspecified atom stereocenters. The molecule has 13 heavy (non-hydrogen) atoms. The van der Waals surface area contributed by atoms with Gasteiger partial charge in [0.05, 0.1) is 0 Å². The second kappa shape index (κ2) is 2.63. The third-order valence-electron chi connectivity index (χ3n) is 2.89. The fraction of sp³-hybridized carbons (Fsp3) is 0.333. The summed E-state index contributed by atoms with van der Waals surface area (Å²) >= 11 is 0. The number of rotatable bonds is 0. The Morgan fingerprint density at radius 3 is 2.23 bits per heavy atom. The molecule has 68 valence electrons. The van der Waals surface area contributed by atoms with Gasteiger partial charge in [0.2, 0.25) is 0 Å². The quantitative estimate of drug-likeness (QED) is 0.577. The third kappa shape index (κ3) is 1.07. The average Bonchev–Trinajstić information content (AvgIpc) is 2.38. The fourth-order valence-electron chi connectivity index (χ4n) is 1.95. The molecular formula is C12H15N. The van der Waals surface area contributed by atoms with E-state index in [2.05, 4.69) is 50.7 Å². The van der Waals surface area contributed by atoms with Crippen molar-refractivity contribution in [2.45, 2.75) is 20.8 Å². The number of hydrogen-bond donors (Lipinski definition) is 0. The Bertz CT molecular complexity index is 463. The summed E-state index contributed by atoms with van der Waals surface area (Å²) in [5, 5.41) is 2.81. The molecule has 1 aromatic carbocycles. The van der Waals surface area contributed by atoms with Crippen molar-refractivity contribution in [2.75, 3.05) is 0 Å². The summed E-state index contributed by atoms with van der Waals surface area (Å²) in [7, 11) is 2.11. The summed E-state index contributed by atoms with van der Waals surface area (Å²) in [6.45, 7) is 6.52. The second-order valence-corrected chi connectivity index (χ2v) is 3.81. The van der Waals surface area contributed by atoms with E-state index < -0.39 is 0 Å². The lowest BCUT2D eigenvalue weighted by atomic mass is 10.0. The largest absolute Gasteiger partial charge is 0.353 e. The zero-order valence-corrected chi connectivity index (χ0v) is 8.68. The molecule has 0 aliphatic carbocycles. The molecule has 1 nitrogen and oxygen atoms in total. The first-order valence-corrected chi connectivity index (χ1v) is 4.63. The highest BCUT2D eigenvalue weighted by atomic mass is 14.9. The van der Waals surface area contributed by atoms with E-state index in [-0.39, 0.29) is 0 Å². The van der Waals surface area contributed by atoms with Crippen molar-refractivity contribution in [1.82, 2.24) is 4.57 Å². The van der Waals surface area contributed by atoms with Gasteiger partial charge in [-0.05, 0) is 31.9 Å². The SMILES string of the molecule is Cc1ccc(C)c2c(C)n(C)cc12. The second-order valence-electron chi connectivity index (χ2n) is 3.81. The number of benzene rings is 1. The van der Waals surface area contributed by atoms with E-state index in [1.165, 1.54) is 27.6 Å². The first-order chi connectivity index (χ1) is 6.11. The molecule has 2 aromatic rings. The van der Waals surface area contributed by atoms with Gasteiger partial charge in [-0.1, -0.05) is 12.1 Å². The van der Waals surface area contributed by atoms with Gasteiger partial charge in [0, 0.05) is 29.7 Å². The molecule has 0 atom stereocenters. The maximum Gasteiger partial charge on any atom is 0.0222 e. The summed E-state index contributed by atoms with van der Waals surface area (Å²) in [5.41, 5.74) is 4.10. The minimum atomic E-state index is 1.36. The van der Waals surface area contributed by atoms with Gasteiger partial charge in [0.15, 0.2) is 0 Å². The molecule has 0 bridgehead atoms. The van der Waals surface area contributed by atoms with Gasteiger partial charge in [-0.15, -0.1) is 0 Å². The van der Waals surface area contributed by atoms with E-state index in [1.54, 1.807) is 0 Å². The topological polar surface area (TPSA) is 4.93 Å². The monoisotopic (exact) mass is 173 g/mol. The van der Waals surface area contributed by atoms with Crippen LogP contribution < -0.4 is 0 Å². The van der Waals surface area contributed by atoms with Crippen LogP contribution in [0, 0.1) is 20.8 Å². The molecule has 0 saturated carbocycles. The van der Waals surface area contributed by atoms with Crippen LogP contribution in [0.15, 0.2) is 18.3 Å². The maximum atomic E-state index is 2.22. The summed E-state index contributed by atoms with van der Waals surface area (Å²) in [5.74, 6) is 0. The molecule has 0 fully saturated rings. The Balaban J connectivity index is 3.00. The molecule has 0 N–H and O–H groups in total. The molecule has 1 heteroatoms. The highest BCUT2D eigenvalue weighted by molar-refractivity contribution is 5.91. The zero-order chi connectivity index (χ0) is 9.59. The van der Waals surface area contributed by atoms with Crippen molar-refractivity contribution < 1.29 is 0 Å². The van der Waals surface area contributed by atoms with Gasteiger partial charge < -0.3 is 4.57 Å². The number of nitrogens with zero attached hydrogens (tertiary/aromatic N) is 1. The molecule has 0 radical (unpaired) electrons. The normalized spacial score (nSPS) is 11.1. The Labute approximate surface area is 79.0 Å². The van der Waals surface area contributed by atoms with E-state index in [9.17, 15) is 0 Å². The average molecular weight is 173 g/mol. The van der Waals surface area contributed by atoms with E-state index in [0.717, 1.165) is 0 Å². The lowest BCUT2D eigenvalue weighted by molar-refractivity contribution is 0.888. The Morgan fingerprint density at radius 2 is 1.62 bits per heavy atom. The van der Waals surface area contributed by atoms with Gasteiger partial charge in [0.1, 0.15) is 0 Å². The lowest BCUT2D eigenvalue weighted by Gasteiger charge is -2.00. The number of aryl methyl sites for hydroxylation is 4. The minimum Gasteiger partial charge on any atom is -0.353 e. The van der Waals surface area contributed by atoms with E-state index in [4.69, 9.17) is 0 Å². The van der Waals surface area contributed by atoms with Crippen LogP contribution in [0.1, 0.15) is 16.8 Å². The van der Waals surface area contributed by atoms with Crippen molar-refractivity contribution in [3.05, 3.63) is 35.2 Å². The first kappa shape index (κ1) is 8.36. The van der Waals surface area contributed by atoms with Crippen LogP contribution in [-0.2, 0) is 7.05 Å². The van der Waals surface area contributed by atoms with Gasteiger partial charge >= 0.3 is 0 Å². The predicted molar refractivity (Wildman–Crippen MR) is 57.1 cm³/mol. The number of fused-ring (bicyclic) bond motifs is 1. The maximum absolute atomic E-state index is 2.22. The standard InChI is InChI=1S/C12H15N/c1-8-5-6-9(2)12-10(3)13(4)7-11(8)12/h5-7H,1-4H3. The summed E-state index contributed by atoms with van der Waals surface area (Å²) in [4.78, 5) is 0. The van der Waals surface area contributed by atoms with Crippen LogP contribution in [0.3, 0.4) is 0 Å². The minimum absolute atomic E-state index is 1.36. The van der Waals surface area contributed by atoms with E-state index in [0.29, 0.717) is 0 Å². The molecule has 0 amide bonds. The zero-order valence-electron chi connectivity index (χ0n) is 8.68. The molecule has 0 saturated heterocycles. The predicted octanol–water partition coefficient (Wildman–Crippen LogP) is 3.10. The van der Waals surface area contributed by atoms with Gasteiger partial charge in [-0.3, -0.25) is 0 Å². The van der Waals surface area contributed by atoms with E-state index >= 15 is 0 Å². The van der Waals surface area contributed by atoms with Crippen LogP contribution >= 0.6 is 0 Å². The lowest BCUT2D eigenvalue weighted by Crippen LogP contribution is -1.87. The number of aromatic nitrogens is 1. The summed E-state index contributed by atoms with van der Waals surface area (Å²) < 4.78 is 2.20. The van der Waals surface area contributed by atoms with Gasteiger partial charge in [-0.25, -0.2) is 0 Å². The third-order valence-corrected chi connectivity index (χ3v) is 2.89. The Hall–Kier alpha value is -1.24. The smallest absolute Gasteiger partial charge is 0.0222 e. The van der Waals surface area contributed by atoms with Crippen molar-refractivity contribution in [3.63, 3.8) is 0 Å². The van der Waals surface area contributed by atoms with Crippen LogP contribution in [0.25, 0.3) is 10.8 Å². The summed E-state index contributed by atoms with van der Waals surface area (Å²) in [6.07, 6.45) is 2.22. The van der Waals surface area contributed by atoms with Crippen molar-refractivity contribution in [3.8, 4) is 0 Å². The van der Waals surface area contributed by atoms with Crippen LogP contribution in [-0.4, -0.2) is 4.57 Å². The van der Waals surface area contributed by atoms with Gasteiger partial charge in [0.25, 0.3) is 0 Å². The van der Waals surface area contributed by atoms with Crippen molar-refractivity contribution >= 4 is 10.8 Å². The Morgan fingerprint density at radius 1 is 1.00 bits per heavy atom. The highest BCUT2D eigenvalue weighted by Crippen LogP contribution is 2.26. The fourth-order valence-corrected chi connectivity index (χ4v) is 1.95. The summed E-state index contributed by atoms with van der Waals surface area (Å²) in [6, 6.07) is 4.39. The molecular weight excluding hydrogens is 158 g/mol. The van der Waals surface area contributed by atoms with Crippen LogP contribution in [0.2, 0.25) is 0 Å². The molecule has 2 rings (SSSR count). The highest BCUT2D eigenvalue weighted by Gasteiger charge is 2.06. The van der Waals surface area contributed by atoms with Gasteiger partial charge in [-0.2, -0.15) is 0 Å². The molecule has 0 spiro atoms. The Kier molecular flexibility index (Phi) is 1.69. The molecule has 1 heterocycles. The number of hydrogen-bond acceptors (Lipinski definition) is 0. The van der Waals surface area contributed by atoms with Crippen molar-refractivity contribution in [2.24, 2.45) is 7.05 Å². The van der Waals surface area contributed by atoms with Crippen LogP contribution in [0.5, 0.6) is 0 Å². The molecule has 0 aliphatic heterocycles. The molecule has 0 aliphatic rings. The molecule has 1 aromatic heterocycles. The van der Waals surface area contributed by atoms with E-state index in [1.807, 2.05) is 0 Å².